The molecule has 0 saturated heterocycles. The van der Waals surface area contributed by atoms with Gasteiger partial charge < -0.3 is 9.47 Å². The average Bonchev–Trinajstić information content (AvgIpc) is 3.38. The lowest BCUT2D eigenvalue weighted by Crippen LogP contribution is -2.24. The average molecular weight is 548 g/mol. The van der Waals surface area contributed by atoms with E-state index in [1.807, 2.05) is 42.5 Å². The Morgan fingerprint density at radius 1 is 1.03 bits per heavy atom. The van der Waals surface area contributed by atoms with Gasteiger partial charge in [-0.25, -0.2) is 0 Å². The van der Waals surface area contributed by atoms with Gasteiger partial charge >= 0.3 is 5.97 Å². The summed E-state index contributed by atoms with van der Waals surface area (Å²) in [5.74, 6) is 1.54. The number of rotatable bonds is 7. The minimum atomic E-state index is -0.357. The van der Waals surface area contributed by atoms with E-state index in [9.17, 15) is 9.59 Å². The van der Waals surface area contributed by atoms with Crippen LogP contribution in [0.5, 0.6) is 11.5 Å². The van der Waals surface area contributed by atoms with Gasteiger partial charge in [0.2, 0.25) is 4.96 Å². The Hall–Kier alpha value is -3.52. The molecule has 8 heteroatoms. The summed E-state index contributed by atoms with van der Waals surface area (Å²) in [7, 11) is 0. The van der Waals surface area contributed by atoms with Gasteiger partial charge in [-0.05, 0) is 65.3 Å². The number of aromatic nitrogens is 3. The maximum Gasteiger partial charge on any atom is 0.308 e. The Labute approximate surface area is 233 Å². The first-order valence-corrected chi connectivity index (χ1v) is 14.1. The number of carbonyl (C=O) groups excluding carboxylic acids is 1. The van der Waals surface area contributed by atoms with Gasteiger partial charge in [0.15, 0.2) is 5.82 Å². The number of hydrogen-bond donors (Lipinski definition) is 0. The fourth-order valence-corrected chi connectivity index (χ4v) is 5.15. The zero-order chi connectivity index (χ0) is 28.5. The predicted molar refractivity (Wildman–Crippen MR) is 157 cm³/mol. The fourth-order valence-electron chi connectivity index (χ4n) is 4.24. The van der Waals surface area contributed by atoms with E-state index in [4.69, 9.17) is 9.47 Å². The van der Waals surface area contributed by atoms with Gasteiger partial charge in [-0.3, -0.25) is 9.59 Å². The molecule has 2 heterocycles. The number of fused-ring (bicyclic) bond motifs is 1. The van der Waals surface area contributed by atoms with Crippen LogP contribution in [0.15, 0.2) is 41.2 Å². The molecule has 0 aliphatic heterocycles. The highest BCUT2D eigenvalue weighted by molar-refractivity contribution is 7.15. The first-order valence-electron chi connectivity index (χ1n) is 13.3. The second-order valence-electron chi connectivity index (χ2n) is 11.8. The molecule has 39 heavy (non-hydrogen) atoms. The quantitative estimate of drug-likeness (QED) is 0.159. The Morgan fingerprint density at radius 3 is 2.15 bits per heavy atom. The van der Waals surface area contributed by atoms with Crippen molar-refractivity contribution in [1.29, 1.82) is 0 Å². The summed E-state index contributed by atoms with van der Waals surface area (Å²) in [5.41, 5.74) is 2.72. The van der Waals surface area contributed by atoms with Gasteiger partial charge in [0.1, 0.15) is 11.5 Å². The lowest BCUT2D eigenvalue weighted by atomic mass is 9.78. The van der Waals surface area contributed by atoms with Gasteiger partial charge in [0, 0.05) is 23.6 Å². The molecule has 0 spiro atoms. The molecule has 0 N–H and O–H groups in total. The van der Waals surface area contributed by atoms with Crippen molar-refractivity contribution in [3.05, 3.63) is 68.0 Å². The Bertz CT molecular complexity index is 1570. The zero-order valence-electron chi connectivity index (χ0n) is 24.0. The molecule has 2 aromatic carbocycles. The van der Waals surface area contributed by atoms with Crippen molar-refractivity contribution < 1.29 is 14.3 Å². The van der Waals surface area contributed by atoms with Crippen molar-refractivity contribution in [3.63, 3.8) is 0 Å². The van der Waals surface area contributed by atoms with Gasteiger partial charge in [-0.1, -0.05) is 66.2 Å². The van der Waals surface area contributed by atoms with Crippen LogP contribution in [-0.4, -0.2) is 27.2 Å². The number of unbranched alkanes of at least 4 members (excludes halogenated alkanes) is 1. The van der Waals surface area contributed by atoms with Crippen molar-refractivity contribution in [2.45, 2.75) is 79.1 Å². The van der Waals surface area contributed by atoms with Crippen LogP contribution in [0.4, 0.5) is 0 Å². The molecule has 4 rings (SSSR count). The monoisotopic (exact) mass is 547 g/mol. The SMILES string of the molecule is CCCCOc1ccc(-c2nc3sc(=Cc4cc(C(C)(C)C)c(OC(C)=O)c(C(C)(C)C)c4)c(=O)n3n2)cc1. The van der Waals surface area contributed by atoms with Gasteiger partial charge in [-0.2, -0.15) is 9.50 Å². The Morgan fingerprint density at radius 2 is 1.64 bits per heavy atom. The smallest absolute Gasteiger partial charge is 0.308 e. The molecule has 0 saturated carbocycles. The number of ether oxygens (including phenoxy) is 2. The highest BCUT2D eigenvalue weighted by Gasteiger charge is 2.28. The lowest BCUT2D eigenvalue weighted by Gasteiger charge is -2.29. The van der Waals surface area contributed by atoms with Crippen LogP contribution in [0.25, 0.3) is 22.4 Å². The van der Waals surface area contributed by atoms with E-state index in [1.54, 1.807) is 0 Å². The normalized spacial score (nSPS) is 12.8. The van der Waals surface area contributed by atoms with Gasteiger partial charge in [0.25, 0.3) is 5.56 Å². The molecular formula is C31H37N3O4S. The largest absolute Gasteiger partial charge is 0.494 e. The summed E-state index contributed by atoms with van der Waals surface area (Å²) in [6, 6.07) is 11.6. The van der Waals surface area contributed by atoms with Crippen LogP contribution in [-0.2, 0) is 15.6 Å². The lowest BCUT2D eigenvalue weighted by molar-refractivity contribution is -0.132. The summed E-state index contributed by atoms with van der Waals surface area (Å²) >= 11 is 1.30. The molecule has 206 valence electrons. The summed E-state index contributed by atoms with van der Waals surface area (Å²) in [4.78, 5) is 30.4. The highest BCUT2D eigenvalue weighted by Crippen LogP contribution is 2.41. The van der Waals surface area contributed by atoms with Crippen molar-refractivity contribution >= 4 is 28.3 Å². The van der Waals surface area contributed by atoms with E-state index in [-0.39, 0.29) is 22.4 Å². The predicted octanol–water partition coefficient (Wildman–Crippen LogP) is 6.06. The van der Waals surface area contributed by atoms with Gasteiger partial charge in [-0.15, -0.1) is 5.10 Å². The van der Waals surface area contributed by atoms with Crippen LogP contribution < -0.4 is 19.6 Å². The molecule has 0 aliphatic rings. The maximum absolute atomic E-state index is 13.3. The standard InChI is InChI=1S/C31H37N3O4S/c1-9-10-15-37-22-13-11-21(12-14-22)27-32-29-34(33-27)28(36)25(39-29)18-20-16-23(30(3,4)5)26(38-19(2)35)24(17-20)31(6,7)8/h11-14,16-18H,9-10,15H2,1-8H3. The summed E-state index contributed by atoms with van der Waals surface area (Å²) in [5, 5.41) is 4.50. The van der Waals surface area contributed by atoms with E-state index in [2.05, 4.69) is 58.5 Å². The third kappa shape index (κ3) is 6.38. The molecule has 0 atom stereocenters. The number of carbonyl (C=O) groups is 1. The van der Waals surface area contributed by atoms with Crippen LogP contribution in [0.2, 0.25) is 0 Å². The van der Waals surface area contributed by atoms with E-state index in [0.29, 0.717) is 27.7 Å². The Balaban J connectivity index is 1.75. The van der Waals surface area contributed by atoms with Crippen molar-refractivity contribution in [2.24, 2.45) is 0 Å². The minimum Gasteiger partial charge on any atom is -0.494 e. The second-order valence-corrected chi connectivity index (χ2v) is 12.8. The van der Waals surface area contributed by atoms with Gasteiger partial charge in [0.05, 0.1) is 11.1 Å². The molecule has 0 unspecified atom stereocenters. The van der Waals surface area contributed by atoms with Crippen LogP contribution >= 0.6 is 11.3 Å². The Kier molecular flexibility index (Phi) is 7.98. The molecule has 0 bridgehead atoms. The number of thiazole rings is 1. The molecular weight excluding hydrogens is 510 g/mol. The fraction of sp³-hybridized carbons (Fsp3) is 0.419. The highest BCUT2D eigenvalue weighted by atomic mass is 32.1. The van der Waals surface area contributed by atoms with Crippen LogP contribution in [0.3, 0.4) is 0 Å². The summed E-state index contributed by atoms with van der Waals surface area (Å²) in [6.45, 7) is 16.7. The first kappa shape index (κ1) is 28.5. The van der Waals surface area contributed by atoms with E-state index in [1.165, 1.54) is 22.8 Å². The van der Waals surface area contributed by atoms with Crippen LogP contribution in [0, 0.1) is 0 Å². The maximum atomic E-state index is 13.3. The summed E-state index contributed by atoms with van der Waals surface area (Å²) in [6.07, 6.45) is 3.96. The molecule has 2 aromatic heterocycles. The molecule has 0 radical (unpaired) electrons. The third-order valence-corrected chi connectivity index (χ3v) is 7.29. The first-order chi connectivity index (χ1) is 18.3. The molecule has 0 fully saturated rings. The molecule has 4 aromatic rings. The van der Waals surface area contributed by atoms with E-state index < -0.39 is 0 Å². The number of benzene rings is 2. The van der Waals surface area contributed by atoms with Crippen molar-refractivity contribution in [2.75, 3.05) is 6.61 Å². The second kappa shape index (κ2) is 10.9. The van der Waals surface area contributed by atoms with Crippen molar-refractivity contribution in [1.82, 2.24) is 14.6 Å². The minimum absolute atomic E-state index is 0.216. The molecule has 0 amide bonds. The van der Waals surface area contributed by atoms with E-state index in [0.717, 1.165) is 40.8 Å². The molecule has 7 nitrogen and oxygen atoms in total. The zero-order valence-corrected chi connectivity index (χ0v) is 24.9. The summed E-state index contributed by atoms with van der Waals surface area (Å²) < 4.78 is 13.4. The van der Waals surface area contributed by atoms with E-state index >= 15 is 0 Å². The van der Waals surface area contributed by atoms with Crippen molar-refractivity contribution in [3.8, 4) is 22.9 Å². The number of nitrogens with zero attached hydrogens (tertiary/aromatic N) is 3. The third-order valence-electron chi connectivity index (χ3n) is 6.33. The number of hydrogen-bond acceptors (Lipinski definition) is 7. The number of esters is 1. The topological polar surface area (TPSA) is 82.8 Å². The van der Waals surface area contributed by atoms with Crippen LogP contribution in [0.1, 0.15) is 84.9 Å². The molecule has 0 aliphatic carbocycles.